The van der Waals surface area contributed by atoms with Crippen molar-refractivity contribution >= 4 is 16.9 Å². The number of amides is 1. The minimum atomic E-state index is 0.159. The summed E-state index contributed by atoms with van der Waals surface area (Å²) in [7, 11) is 0. The maximum atomic E-state index is 13.4. The van der Waals surface area contributed by atoms with Gasteiger partial charge >= 0.3 is 0 Å². The van der Waals surface area contributed by atoms with Gasteiger partial charge in [0.1, 0.15) is 12.4 Å². The van der Waals surface area contributed by atoms with Gasteiger partial charge in [0.05, 0.1) is 11.0 Å². The number of nitrogens with zero attached hydrogens (tertiary/aromatic N) is 3. The van der Waals surface area contributed by atoms with E-state index in [4.69, 9.17) is 4.98 Å². The van der Waals surface area contributed by atoms with E-state index in [1.165, 1.54) is 16.7 Å². The Kier molecular flexibility index (Phi) is 7.46. The van der Waals surface area contributed by atoms with E-state index in [-0.39, 0.29) is 5.91 Å². The molecule has 0 radical (unpaired) electrons. The number of hydrogen-bond donors (Lipinski definition) is 0. The smallest absolute Gasteiger partial charge is 0.242 e. The molecule has 34 heavy (non-hydrogen) atoms. The molecular formula is C30H35N3O. The molecule has 1 aromatic heterocycles. The molecule has 3 aromatic carbocycles. The van der Waals surface area contributed by atoms with Gasteiger partial charge in [0.25, 0.3) is 0 Å². The molecule has 0 aliphatic heterocycles. The van der Waals surface area contributed by atoms with E-state index in [0.717, 1.165) is 29.9 Å². The highest BCUT2D eigenvalue weighted by molar-refractivity contribution is 5.81. The summed E-state index contributed by atoms with van der Waals surface area (Å²) in [6.07, 6.45) is 0.686. The molecule has 0 spiro atoms. The number of hydrogen-bond acceptors (Lipinski definition) is 2. The fraction of sp³-hybridized carbons (Fsp3) is 0.333. The van der Waals surface area contributed by atoms with Crippen molar-refractivity contribution in [3.05, 3.63) is 90.3 Å². The molecule has 1 amide bonds. The maximum Gasteiger partial charge on any atom is 0.242 e. The third-order valence-electron chi connectivity index (χ3n) is 5.97. The first-order valence-electron chi connectivity index (χ1n) is 12.3. The van der Waals surface area contributed by atoms with Crippen LogP contribution >= 0.6 is 0 Å². The zero-order valence-corrected chi connectivity index (χ0v) is 20.7. The van der Waals surface area contributed by atoms with E-state index in [1.54, 1.807) is 0 Å². The summed E-state index contributed by atoms with van der Waals surface area (Å²) in [5, 5.41) is 0. The molecule has 0 N–H and O–H groups in total. The zero-order valence-electron chi connectivity index (χ0n) is 20.7. The molecule has 0 atom stereocenters. The number of carbonyl (C=O) groups excluding carboxylic acids is 1. The summed E-state index contributed by atoms with van der Waals surface area (Å²) in [5.74, 6) is 1.96. The summed E-state index contributed by atoms with van der Waals surface area (Å²) < 4.78 is 2.11. The Morgan fingerprint density at radius 3 is 2.03 bits per heavy atom. The molecule has 0 saturated carbocycles. The Balaban J connectivity index is 1.60. The Morgan fingerprint density at radius 1 is 0.794 bits per heavy atom. The van der Waals surface area contributed by atoms with Crippen LogP contribution in [0.25, 0.3) is 22.2 Å². The van der Waals surface area contributed by atoms with Gasteiger partial charge in [-0.15, -0.1) is 0 Å². The molecule has 4 rings (SSSR count). The standard InChI is InChI=1S/C30H35N3O/c1-22(2)19-32(20-23(3)4)30(34)21-33-28-13-9-8-12-27(28)31-29(33)18-24-14-16-26(17-15-24)25-10-6-5-7-11-25/h5-17,22-23H,18-21H2,1-4H3. The van der Waals surface area contributed by atoms with Crippen molar-refractivity contribution in [2.75, 3.05) is 13.1 Å². The van der Waals surface area contributed by atoms with Crippen molar-refractivity contribution in [1.82, 2.24) is 14.5 Å². The van der Waals surface area contributed by atoms with Crippen molar-refractivity contribution in [3.63, 3.8) is 0 Å². The summed E-state index contributed by atoms with van der Waals surface area (Å²) >= 11 is 0. The maximum absolute atomic E-state index is 13.4. The van der Waals surface area contributed by atoms with Gasteiger partial charge in [-0.2, -0.15) is 0 Å². The molecule has 4 nitrogen and oxygen atoms in total. The number of rotatable bonds is 9. The Labute approximate surface area is 203 Å². The number of aromatic nitrogens is 2. The molecule has 0 aliphatic rings. The average Bonchev–Trinajstić information content (AvgIpc) is 3.16. The fourth-order valence-corrected chi connectivity index (χ4v) is 4.46. The second-order valence-electron chi connectivity index (χ2n) is 9.93. The van der Waals surface area contributed by atoms with Crippen LogP contribution in [0, 0.1) is 11.8 Å². The Hall–Kier alpha value is -3.40. The first-order valence-corrected chi connectivity index (χ1v) is 12.3. The second-order valence-corrected chi connectivity index (χ2v) is 9.93. The van der Waals surface area contributed by atoms with Crippen LogP contribution in [0.5, 0.6) is 0 Å². The highest BCUT2D eigenvalue weighted by atomic mass is 16.2. The third kappa shape index (κ3) is 5.74. The first kappa shape index (κ1) is 23.7. The predicted octanol–water partition coefficient (Wildman–Crippen LogP) is 6.43. The van der Waals surface area contributed by atoms with E-state index in [9.17, 15) is 4.79 Å². The van der Waals surface area contributed by atoms with Crippen molar-refractivity contribution in [2.24, 2.45) is 11.8 Å². The molecule has 1 heterocycles. The van der Waals surface area contributed by atoms with Crippen LogP contribution in [0.15, 0.2) is 78.9 Å². The quantitative estimate of drug-likeness (QED) is 0.293. The minimum absolute atomic E-state index is 0.159. The first-order chi connectivity index (χ1) is 16.4. The highest BCUT2D eigenvalue weighted by Gasteiger charge is 2.20. The van der Waals surface area contributed by atoms with Gasteiger partial charge in [-0.1, -0.05) is 94.4 Å². The molecular weight excluding hydrogens is 418 g/mol. The van der Waals surface area contributed by atoms with Gasteiger partial charge in [-0.3, -0.25) is 4.79 Å². The summed E-state index contributed by atoms with van der Waals surface area (Å²) in [4.78, 5) is 20.3. The zero-order chi connectivity index (χ0) is 24.1. The lowest BCUT2D eigenvalue weighted by atomic mass is 10.0. The fourth-order valence-electron chi connectivity index (χ4n) is 4.46. The predicted molar refractivity (Wildman–Crippen MR) is 141 cm³/mol. The van der Waals surface area contributed by atoms with E-state index in [0.29, 0.717) is 24.8 Å². The molecule has 4 aromatic rings. The normalized spacial score (nSPS) is 11.5. The van der Waals surface area contributed by atoms with E-state index in [2.05, 4.69) is 86.9 Å². The number of benzene rings is 3. The number of para-hydroxylation sites is 2. The van der Waals surface area contributed by atoms with E-state index < -0.39 is 0 Å². The van der Waals surface area contributed by atoms with Crippen molar-refractivity contribution in [2.45, 2.75) is 40.7 Å². The van der Waals surface area contributed by atoms with Crippen LogP contribution < -0.4 is 0 Å². The van der Waals surface area contributed by atoms with Crippen molar-refractivity contribution < 1.29 is 4.79 Å². The van der Waals surface area contributed by atoms with Crippen LogP contribution in [0.4, 0.5) is 0 Å². The largest absolute Gasteiger partial charge is 0.341 e. The number of fused-ring (bicyclic) bond motifs is 1. The van der Waals surface area contributed by atoms with Gasteiger partial charge in [0.15, 0.2) is 0 Å². The van der Waals surface area contributed by atoms with Crippen molar-refractivity contribution in [3.8, 4) is 11.1 Å². The lowest BCUT2D eigenvalue weighted by Gasteiger charge is -2.27. The van der Waals surface area contributed by atoms with Gasteiger partial charge in [-0.25, -0.2) is 4.98 Å². The SMILES string of the molecule is CC(C)CN(CC(C)C)C(=O)Cn1c(Cc2ccc(-c3ccccc3)cc2)nc2ccccc21. The van der Waals surface area contributed by atoms with Gasteiger partial charge < -0.3 is 9.47 Å². The summed E-state index contributed by atoms with van der Waals surface area (Å²) in [6.45, 7) is 10.5. The Morgan fingerprint density at radius 2 is 1.38 bits per heavy atom. The molecule has 0 aliphatic carbocycles. The van der Waals surface area contributed by atoms with Crippen LogP contribution in [0.2, 0.25) is 0 Å². The molecule has 0 unspecified atom stereocenters. The van der Waals surface area contributed by atoms with E-state index in [1.807, 2.05) is 29.2 Å². The molecule has 4 heteroatoms. The highest BCUT2D eigenvalue weighted by Crippen LogP contribution is 2.23. The average molecular weight is 454 g/mol. The van der Waals surface area contributed by atoms with Crippen molar-refractivity contribution in [1.29, 1.82) is 0 Å². The summed E-state index contributed by atoms with van der Waals surface area (Å²) in [6, 6.07) is 27.2. The second kappa shape index (κ2) is 10.7. The van der Waals surface area contributed by atoms with Gasteiger partial charge in [0, 0.05) is 19.5 Å². The van der Waals surface area contributed by atoms with Gasteiger partial charge in [0.2, 0.25) is 5.91 Å². The molecule has 0 fully saturated rings. The Bertz CT molecular complexity index is 1210. The van der Waals surface area contributed by atoms with Crippen LogP contribution in [-0.4, -0.2) is 33.4 Å². The molecule has 176 valence electrons. The van der Waals surface area contributed by atoms with Crippen LogP contribution in [0.1, 0.15) is 39.1 Å². The molecule has 0 saturated heterocycles. The minimum Gasteiger partial charge on any atom is -0.341 e. The van der Waals surface area contributed by atoms with Gasteiger partial charge in [-0.05, 0) is 40.7 Å². The number of carbonyl (C=O) groups is 1. The van der Waals surface area contributed by atoms with Crippen LogP contribution in [-0.2, 0) is 17.8 Å². The topological polar surface area (TPSA) is 38.1 Å². The lowest BCUT2D eigenvalue weighted by molar-refractivity contribution is -0.132. The molecule has 0 bridgehead atoms. The van der Waals surface area contributed by atoms with Crippen LogP contribution in [0.3, 0.4) is 0 Å². The summed E-state index contributed by atoms with van der Waals surface area (Å²) in [5.41, 5.74) is 5.55. The monoisotopic (exact) mass is 453 g/mol. The third-order valence-corrected chi connectivity index (χ3v) is 5.97. The van der Waals surface area contributed by atoms with E-state index >= 15 is 0 Å². The number of imidazole rings is 1. The lowest BCUT2D eigenvalue weighted by Crippen LogP contribution is -2.39.